The minimum absolute atomic E-state index is 0.0396. The van der Waals surface area contributed by atoms with Crippen molar-refractivity contribution in [2.45, 2.75) is 13.8 Å². The third kappa shape index (κ3) is 4.20. The standard InChI is InChI=1S/C27H23NO6/c1-16-7-9-20(17(2)13-16)33-15-24(29)28-25-19-5-3-4-6-21(19)34-27(25)26(30)18-8-10-22-23(14-18)32-12-11-31-22/h3-10,13-14H,11-12,15H2,1-2H3,(H,28,29). The molecule has 1 amide bonds. The van der Waals surface area contributed by atoms with Crippen molar-refractivity contribution in [3.8, 4) is 17.2 Å². The Kier molecular flexibility index (Phi) is 5.67. The number of amides is 1. The van der Waals surface area contributed by atoms with Crippen LogP contribution in [0.15, 0.2) is 65.1 Å². The van der Waals surface area contributed by atoms with E-state index < -0.39 is 5.91 Å². The van der Waals surface area contributed by atoms with Crippen molar-refractivity contribution in [3.05, 3.63) is 83.1 Å². The SMILES string of the molecule is Cc1ccc(OCC(=O)Nc2c(C(=O)c3ccc4c(c3)OCCO4)oc3ccccc23)c(C)c1. The van der Waals surface area contributed by atoms with Gasteiger partial charge in [-0.05, 0) is 55.8 Å². The Bertz CT molecular complexity index is 1400. The number of rotatable bonds is 6. The first-order chi connectivity index (χ1) is 16.5. The highest BCUT2D eigenvalue weighted by Crippen LogP contribution is 2.35. The van der Waals surface area contributed by atoms with Crippen LogP contribution in [0.2, 0.25) is 0 Å². The number of anilines is 1. The lowest BCUT2D eigenvalue weighted by atomic mass is 10.1. The predicted molar refractivity (Wildman–Crippen MR) is 127 cm³/mol. The highest BCUT2D eigenvalue weighted by atomic mass is 16.6. The first-order valence-electron chi connectivity index (χ1n) is 11.0. The number of furan rings is 1. The molecular weight excluding hydrogens is 434 g/mol. The number of fused-ring (bicyclic) bond motifs is 2. The monoisotopic (exact) mass is 457 g/mol. The summed E-state index contributed by atoms with van der Waals surface area (Å²) >= 11 is 0. The Morgan fingerprint density at radius 3 is 2.56 bits per heavy atom. The molecule has 4 aromatic rings. The van der Waals surface area contributed by atoms with Gasteiger partial charge >= 0.3 is 0 Å². The number of para-hydroxylation sites is 1. The van der Waals surface area contributed by atoms with Crippen LogP contribution >= 0.6 is 0 Å². The largest absolute Gasteiger partial charge is 0.486 e. The molecule has 0 fully saturated rings. The molecule has 7 heteroatoms. The summed E-state index contributed by atoms with van der Waals surface area (Å²) in [6.07, 6.45) is 0. The summed E-state index contributed by atoms with van der Waals surface area (Å²) in [6.45, 7) is 4.59. The van der Waals surface area contributed by atoms with Gasteiger partial charge in [0.15, 0.2) is 23.9 Å². The maximum atomic E-state index is 13.4. The molecule has 0 bridgehead atoms. The summed E-state index contributed by atoms with van der Waals surface area (Å²) in [5, 5.41) is 3.44. The van der Waals surface area contributed by atoms with Crippen molar-refractivity contribution in [1.29, 1.82) is 0 Å². The number of nitrogens with one attached hydrogen (secondary N) is 1. The Labute approximate surface area is 196 Å². The van der Waals surface area contributed by atoms with Gasteiger partial charge in [0, 0.05) is 10.9 Å². The lowest BCUT2D eigenvalue weighted by Crippen LogP contribution is -2.21. The lowest BCUT2D eigenvalue weighted by molar-refractivity contribution is -0.118. The lowest BCUT2D eigenvalue weighted by Gasteiger charge is -2.18. The molecule has 7 nitrogen and oxygen atoms in total. The van der Waals surface area contributed by atoms with Crippen LogP contribution in [0, 0.1) is 13.8 Å². The van der Waals surface area contributed by atoms with Crippen LogP contribution < -0.4 is 19.5 Å². The molecule has 0 spiro atoms. The van der Waals surface area contributed by atoms with Gasteiger partial charge < -0.3 is 23.9 Å². The van der Waals surface area contributed by atoms with Gasteiger partial charge in [0.1, 0.15) is 24.5 Å². The molecule has 1 aromatic heterocycles. The number of carbonyl (C=O) groups is 2. The van der Waals surface area contributed by atoms with Crippen LogP contribution in [0.5, 0.6) is 17.2 Å². The quantitative estimate of drug-likeness (QED) is 0.407. The molecule has 2 heterocycles. The zero-order valence-electron chi connectivity index (χ0n) is 18.8. The molecule has 1 N–H and O–H groups in total. The zero-order valence-corrected chi connectivity index (χ0v) is 18.8. The molecule has 0 saturated carbocycles. The third-order valence-corrected chi connectivity index (χ3v) is 5.56. The number of hydrogen-bond donors (Lipinski definition) is 1. The van der Waals surface area contributed by atoms with Crippen molar-refractivity contribution >= 4 is 28.3 Å². The Morgan fingerprint density at radius 1 is 0.941 bits per heavy atom. The molecule has 172 valence electrons. The second-order valence-electron chi connectivity index (χ2n) is 8.10. The van der Waals surface area contributed by atoms with Gasteiger partial charge in [-0.25, -0.2) is 0 Å². The van der Waals surface area contributed by atoms with Crippen molar-refractivity contribution in [2.24, 2.45) is 0 Å². The summed E-state index contributed by atoms with van der Waals surface area (Å²) in [5.74, 6) is 0.981. The molecule has 5 rings (SSSR count). The fraction of sp³-hybridized carbons (Fsp3) is 0.185. The van der Waals surface area contributed by atoms with Crippen molar-refractivity contribution < 1.29 is 28.2 Å². The molecule has 1 aliphatic rings. The van der Waals surface area contributed by atoms with E-state index in [1.54, 1.807) is 36.4 Å². The number of benzene rings is 3. The molecule has 0 atom stereocenters. The average Bonchev–Trinajstić information content (AvgIpc) is 3.21. The van der Waals surface area contributed by atoms with Gasteiger partial charge in [-0.1, -0.05) is 29.8 Å². The molecule has 0 saturated heterocycles. The first-order valence-corrected chi connectivity index (χ1v) is 11.0. The van der Waals surface area contributed by atoms with Crippen LogP contribution in [0.25, 0.3) is 11.0 Å². The average molecular weight is 457 g/mol. The van der Waals surface area contributed by atoms with E-state index >= 15 is 0 Å². The number of ether oxygens (including phenoxy) is 3. The van der Waals surface area contributed by atoms with E-state index in [4.69, 9.17) is 18.6 Å². The van der Waals surface area contributed by atoms with Crippen LogP contribution in [0.3, 0.4) is 0 Å². The Hall–Kier alpha value is -4.26. The fourth-order valence-electron chi connectivity index (χ4n) is 3.93. The fourth-order valence-corrected chi connectivity index (χ4v) is 3.93. The molecular formula is C27H23NO6. The van der Waals surface area contributed by atoms with Crippen LogP contribution in [0.4, 0.5) is 5.69 Å². The van der Waals surface area contributed by atoms with E-state index in [0.29, 0.717) is 52.7 Å². The minimum Gasteiger partial charge on any atom is -0.486 e. The number of carbonyl (C=O) groups excluding carboxylic acids is 2. The van der Waals surface area contributed by atoms with Crippen LogP contribution in [-0.4, -0.2) is 31.5 Å². The topological polar surface area (TPSA) is 87.0 Å². The molecule has 3 aromatic carbocycles. The summed E-state index contributed by atoms with van der Waals surface area (Å²) in [5.41, 5.74) is 3.22. The second kappa shape index (κ2) is 8.94. The van der Waals surface area contributed by atoms with E-state index in [-0.39, 0.29) is 18.2 Å². The predicted octanol–water partition coefficient (Wildman–Crippen LogP) is 5.07. The third-order valence-electron chi connectivity index (χ3n) is 5.56. The summed E-state index contributed by atoms with van der Waals surface area (Å²) in [6, 6.07) is 17.9. The minimum atomic E-state index is -0.400. The molecule has 0 unspecified atom stereocenters. The van der Waals surface area contributed by atoms with Crippen molar-refractivity contribution in [3.63, 3.8) is 0 Å². The highest BCUT2D eigenvalue weighted by molar-refractivity contribution is 6.17. The van der Waals surface area contributed by atoms with Crippen LogP contribution in [0.1, 0.15) is 27.2 Å². The summed E-state index contributed by atoms with van der Waals surface area (Å²) in [4.78, 5) is 26.2. The smallest absolute Gasteiger partial charge is 0.262 e. The van der Waals surface area contributed by atoms with Gasteiger partial charge in [0.2, 0.25) is 5.78 Å². The second-order valence-corrected chi connectivity index (χ2v) is 8.10. The Morgan fingerprint density at radius 2 is 1.74 bits per heavy atom. The van der Waals surface area contributed by atoms with Gasteiger partial charge in [-0.2, -0.15) is 0 Å². The molecule has 0 aliphatic carbocycles. The number of ketones is 1. The van der Waals surface area contributed by atoms with E-state index in [9.17, 15) is 9.59 Å². The first kappa shape index (κ1) is 21.6. The maximum Gasteiger partial charge on any atom is 0.262 e. The number of hydrogen-bond acceptors (Lipinski definition) is 6. The van der Waals surface area contributed by atoms with E-state index in [1.165, 1.54) is 0 Å². The van der Waals surface area contributed by atoms with E-state index in [1.807, 2.05) is 38.1 Å². The Balaban J connectivity index is 1.42. The summed E-state index contributed by atoms with van der Waals surface area (Å²) in [7, 11) is 0. The van der Waals surface area contributed by atoms with Gasteiger partial charge in [-0.3, -0.25) is 9.59 Å². The van der Waals surface area contributed by atoms with Gasteiger partial charge in [0.25, 0.3) is 5.91 Å². The molecule has 34 heavy (non-hydrogen) atoms. The number of aryl methyl sites for hydroxylation is 2. The normalized spacial score (nSPS) is 12.4. The summed E-state index contributed by atoms with van der Waals surface area (Å²) < 4.78 is 22.7. The van der Waals surface area contributed by atoms with Crippen molar-refractivity contribution in [2.75, 3.05) is 25.1 Å². The highest BCUT2D eigenvalue weighted by Gasteiger charge is 2.25. The van der Waals surface area contributed by atoms with E-state index in [2.05, 4.69) is 5.32 Å². The van der Waals surface area contributed by atoms with Gasteiger partial charge in [-0.15, -0.1) is 0 Å². The van der Waals surface area contributed by atoms with E-state index in [0.717, 1.165) is 11.1 Å². The van der Waals surface area contributed by atoms with Gasteiger partial charge in [0.05, 0.1) is 5.69 Å². The zero-order chi connectivity index (χ0) is 23.7. The molecule has 1 aliphatic heterocycles. The molecule has 0 radical (unpaired) electrons. The maximum absolute atomic E-state index is 13.4. The van der Waals surface area contributed by atoms with Crippen molar-refractivity contribution in [1.82, 2.24) is 0 Å². The van der Waals surface area contributed by atoms with Crippen LogP contribution in [-0.2, 0) is 4.79 Å².